The molecule has 0 aromatic rings. The van der Waals surface area contributed by atoms with Gasteiger partial charge < -0.3 is 34.5 Å². The van der Waals surface area contributed by atoms with Crippen molar-refractivity contribution in [1.82, 2.24) is 0 Å². The molecule has 64 valence electrons. The maximum Gasteiger partial charge on any atom is 0.352 e. The normalized spacial score (nSPS) is 6.60. The molecule has 0 amide bonds. The Morgan fingerprint density at radius 3 is 1.40 bits per heavy atom. The molecule has 10 heavy (non-hydrogen) atoms. The van der Waals surface area contributed by atoms with Crippen molar-refractivity contribution in [3.05, 3.63) is 14.9 Å². The van der Waals surface area contributed by atoms with E-state index >= 15 is 0 Å². The molecule has 0 unspecified atom stereocenters. The van der Waals surface area contributed by atoms with Crippen LogP contribution in [0.25, 0.3) is 0 Å². The maximum absolute atomic E-state index is 7.98. The predicted octanol–water partition coefficient (Wildman–Crippen LogP) is -1.20. The Labute approximate surface area is 80.9 Å². The second-order valence-electron chi connectivity index (χ2n) is 0.871. The van der Waals surface area contributed by atoms with Crippen molar-refractivity contribution in [1.29, 1.82) is 0 Å². The molecule has 0 aliphatic rings. The predicted molar refractivity (Wildman–Crippen MR) is 36.3 cm³/mol. The molecule has 4 N–H and O–H groups in total. The second kappa shape index (κ2) is 22.6. The van der Waals surface area contributed by atoms with E-state index in [4.69, 9.17) is 10.2 Å². The third-order valence-electron chi connectivity index (χ3n) is 0.400. The Morgan fingerprint density at radius 2 is 1.20 bits per heavy atom. The second-order valence-corrected chi connectivity index (χ2v) is 0.871. The van der Waals surface area contributed by atoms with Crippen LogP contribution in [0.15, 0.2) is 0 Å². The van der Waals surface area contributed by atoms with E-state index in [2.05, 4.69) is 9.47 Å². The summed E-state index contributed by atoms with van der Waals surface area (Å²) in [6.07, 6.45) is 0. The molecule has 0 spiro atoms. The molecule has 0 saturated heterocycles. The Morgan fingerprint density at radius 1 is 0.900 bits per heavy atom. The van der Waals surface area contributed by atoms with Gasteiger partial charge in [-0.05, 0) is 0 Å². The molecule has 5 heteroatoms. The van der Waals surface area contributed by atoms with Crippen molar-refractivity contribution >= 4 is 0 Å². The zero-order valence-electron chi connectivity index (χ0n) is 6.41. The van der Waals surface area contributed by atoms with E-state index in [0.717, 1.165) is 0 Å². The van der Waals surface area contributed by atoms with Gasteiger partial charge in [0.05, 0.1) is 0 Å². The fourth-order valence-electron chi connectivity index (χ4n) is 0.160. The Hall–Kier alpha value is 0.710. The first-order chi connectivity index (χ1) is 3.41. The summed E-state index contributed by atoms with van der Waals surface area (Å²) in [5.41, 5.74) is 0. The molecule has 0 heterocycles. The maximum atomic E-state index is 7.98. The monoisotopic (exact) mass is 320 g/mol. The molecule has 0 aliphatic heterocycles. The van der Waals surface area contributed by atoms with E-state index in [9.17, 15) is 0 Å². The smallest absolute Gasteiger partial charge is 0.352 e. The van der Waals surface area contributed by atoms with Crippen molar-refractivity contribution in [2.75, 3.05) is 20.4 Å². The van der Waals surface area contributed by atoms with Gasteiger partial charge in [-0.25, -0.2) is 0 Å². The summed E-state index contributed by atoms with van der Waals surface area (Å²) in [7, 11) is 0. The summed E-state index contributed by atoms with van der Waals surface area (Å²) >= 11 is 0. The minimum Gasteiger partial charge on any atom is -0.358 e. The Bertz CT molecular complexity index is 32.8. The van der Waals surface area contributed by atoms with Crippen LogP contribution in [0.2, 0.25) is 0 Å². The van der Waals surface area contributed by atoms with Crippen LogP contribution in [0, 0.1) is 14.9 Å². The van der Waals surface area contributed by atoms with Crippen molar-refractivity contribution < 1.29 is 45.5 Å². The van der Waals surface area contributed by atoms with Gasteiger partial charge in [0.1, 0.15) is 0 Å². The molecule has 0 saturated carbocycles. The molecule has 0 fully saturated rings. The molecule has 0 aromatic heterocycles. The summed E-state index contributed by atoms with van der Waals surface area (Å²) in [5.74, 6) is 0. The molecule has 0 radical (unpaired) electrons. The van der Waals surface area contributed by atoms with Crippen LogP contribution < -0.4 is 0 Å². The topological polar surface area (TPSA) is 66.1 Å². The number of hydrogen-bond donors (Lipinski definition) is 2. The quantitative estimate of drug-likeness (QED) is 0.225. The summed E-state index contributed by atoms with van der Waals surface area (Å²) in [6.45, 7) is -0.250. The van der Waals surface area contributed by atoms with Crippen LogP contribution in [0.4, 0.5) is 0 Å². The van der Waals surface area contributed by atoms with Crippen molar-refractivity contribution in [2.24, 2.45) is 0 Å². The average Bonchev–Trinajstić information content (AvgIpc) is 1.69. The molecule has 4 nitrogen and oxygen atoms in total. The van der Waals surface area contributed by atoms with Gasteiger partial charge in [0.25, 0.3) is 13.6 Å². The third kappa shape index (κ3) is 23.3. The van der Waals surface area contributed by atoms with Crippen LogP contribution in [-0.4, -0.2) is 40.1 Å². The van der Waals surface area contributed by atoms with Crippen LogP contribution in [-0.2, 0) is 25.8 Å². The summed E-state index contributed by atoms with van der Waals surface area (Å²) in [6, 6.07) is 0. The van der Waals surface area contributed by atoms with Crippen molar-refractivity contribution in [3.63, 3.8) is 0 Å². The number of rotatable bonds is 4. The van der Waals surface area contributed by atoms with Crippen LogP contribution in [0.5, 0.6) is 0 Å². The largest absolute Gasteiger partial charge is 0.358 e. The van der Waals surface area contributed by atoms with E-state index in [0.29, 0.717) is 0 Å². The molecular weight excluding hydrogens is 303 g/mol. The molecular formula is C5H16HfO4. The van der Waals surface area contributed by atoms with Gasteiger partial charge in [-0.1, -0.05) is 0 Å². The van der Waals surface area contributed by atoms with Gasteiger partial charge in [-0.2, -0.15) is 0 Å². The van der Waals surface area contributed by atoms with Gasteiger partial charge in [-0.15, -0.1) is 0 Å². The van der Waals surface area contributed by atoms with Gasteiger partial charge in [0, 0.05) is 25.8 Å². The standard InChI is InChI=1S/C3H8O4.2CH3.Hf/c4-1-6-3-7-2-5;;;/h4-5H,1-3H2;2*1H3;/q;2*-1;/p+2. The van der Waals surface area contributed by atoms with Crippen LogP contribution >= 0.6 is 0 Å². The molecule has 0 aromatic carbocycles. The molecule has 0 aliphatic carbocycles. The van der Waals surface area contributed by atoms with Crippen molar-refractivity contribution in [3.8, 4) is 0 Å². The third-order valence-corrected chi connectivity index (χ3v) is 0.400. The van der Waals surface area contributed by atoms with E-state index in [1.807, 2.05) is 0 Å². The first-order valence-electron chi connectivity index (χ1n) is 1.90. The molecule has 0 rings (SSSR count). The van der Waals surface area contributed by atoms with E-state index < -0.39 is 0 Å². The van der Waals surface area contributed by atoms with Crippen LogP contribution in [0.1, 0.15) is 0 Å². The summed E-state index contributed by atoms with van der Waals surface area (Å²) < 4.78 is 6.78. The Balaban J connectivity index is -0.0000000600. The van der Waals surface area contributed by atoms with Gasteiger partial charge in [0.2, 0.25) is 0 Å². The Kier molecular flexibility index (Phi) is 50.7. The van der Waals surface area contributed by atoms with Crippen molar-refractivity contribution in [2.45, 2.75) is 0 Å². The van der Waals surface area contributed by atoms with Gasteiger partial charge in [-0.3, -0.25) is 0 Å². The van der Waals surface area contributed by atoms with E-state index in [1.54, 1.807) is 0 Å². The zero-order chi connectivity index (χ0) is 5.54. The van der Waals surface area contributed by atoms with E-state index in [1.165, 1.54) is 0 Å². The minimum absolute atomic E-state index is 0. The first kappa shape index (κ1) is 22.4. The fourth-order valence-corrected chi connectivity index (χ4v) is 0.160. The number of aliphatic hydroxyl groups excluding tert-OH is 2. The molecule has 0 bridgehead atoms. The minimum atomic E-state index is -0.219. The SMILES string of the molecule is OC[OH+]C[OH+]CO.[CH3-].[CH3-].[Hf]. The van der Waals surface area contributed by atoms with E-state index in [-0.39, 0.29) is 61.1 Å². The number of hydrogen-bond acceptors (Lipinski definition) is 2. The summed E-state index contributed by atoms with van der Waals surface area (Å²) in [5, 5.41) is 16.0. The zero-order valence-corrected chi connectivity index (χ0v) is 10.0. The first-order valence-corrected chi connectivity index (χ1v) is 1.90. The van der Waals surface area contributed by atoms with Gasteiger partial charge >= 0.3 is 6.79 Å². The van der Waals surface area contributed by atoms with Gasteiger partial charge in [0.15, 0.2) is 0 Å². The number of aliphatic hydroxyl groups is 6. The average molecular weight is 319 g/mol. The summed E-state index contributed by atoms with van der Waals surface area (Å²) in [4.78, 5) is 0. The molecule has 0 atom stereocenters. The number of ether oxygens (including phenoxy) is 2. The fraction of sp³-hybridized carbons (Fsp3) is 0.600. The van der Waals surface area contributed by atoms with Crippen LogP contribution in [0.3, 0.4) is 0 Å².